The number of nitriles is 1. The highest BCUT2D eigenvalue weighted by Crippen LogP contribution is 1.98. The van der Waals surface area contributed by atoms with Crippen LogP contribution in [0.1, 0.15) is 5.56 Å². The first-order valence-electron chi connectivity index (χ1n) is 7.22. The number of urea groups is 1. The maximum absolute atomic E-state index is 11.8. The molecule has 3 amide bonds. The van der Waals surface area contributed by atoms with E-state index in [1.807, 2.05) is 30.3 Å². The Morgan fingerprint density at radius 2 is 1.88 bits per heavy atom. The Balaban J connectivity index is 2.53. The van der Waals surface area contributed by atoms with E-state index in [0.717, 1.165) is 11.8 Å². The summed E-state index contributed by atoms with van der Waals surface area (Å²) in [5.41, 5.74) is 1.04. The molecule has 1 aromatic carbocycles. The van der Waals surface area contributed by atoms with Gasteiger partial charge in [0.2, 0.25) is 5.91 Å². The quantitative estimate of drug-likeness (QED) is 0.548. The van der Waals surface area contributed by atoms with Crippen molar-refractivity contribution in [1.82, 2.24) is 16.0 Å². The standard InChI is InChI=1S/C15H20N4O4S/c1-24(22,23)11-13(14(20)17-10-8-16)19-15(21)18-9-7-12-5-3-2-4-6-12/h2-6,13H,7,9-11H2,1H3,(H,17,20)(H2,18,19,21). The third kappa shape index (κ3) is 8.14. The van der Waals surface area contributed by atoms with Crippen molar-refractivity contribution < 1.29 is 18.0 Å². The molecule has 1 aromatic rings. The minimum absolute atomic E-state index is 0.267. The van der Waals surface area contributed by atoms with Crippen LogP contribution in [-0.2, 0) is 21.1 Å². The van der Waals surface area contributed by atoms with Crippen LogP contribution in [-0.4, -0.2) is 51.5 Å². The first-order chi connectivity index (χ1) is 11.3. The monoisotopic (exact) mass is 352 g/mol. The molecule has 0 aliphatic carbocycles. The zero-order valence-corrected chi connectivity index (χ0v) is 14.1. The van der Waals surface area contributed by atoms with Crippen LogP contribution in [0.5, 0.6) is 0 Å². The highest BCUT2D eigenvalue weighted by molar-refractivity contribution is 7.90. The first-order valence-corrected chi connectivity index (χ1v) is 9.28. The van der Waals surface area contributed by atoms with Crippen LogP contribution in [0, 0.1) is 11.3 Å². The van der Waals surface area contributed by atoms with Gasteiger partial charge in [0.1, 0.15) is 22.4 Å². The molecule has 0 saturated heterocycles. The zero-order valence-electron chi connectivity index (χ0n) is 13.3. The zero-order chi connectivity index (χ0) is 18.0. The Morgan fingerprint density at radius 1 is 1.21 bits per heavy atom. The molecular formula is C15H20N4O4S. The molecule has 1 unspecified atom stereocenters. The number of amides is 3. The van der Waals surface area contributed by atoms with Crippen LogP contribution in [0.25, 0.3) is 0 Å². The van der Waals surface area contributed by atoms with Gasteiger partial charge in [0.15, 0.2) is 0 Å². The van der Waals surface area contributed by atoms with Gasteiger partial charge in [-0.2, -0.15) is 5.26 Å². The second kappa shape index (κ2) is 9.52. The Labute approximate surface area is 141 Å². The summed E-state index contributed by atoms with van der Waals surface area (Å²) >= 11 is 0. The molecular weight excluding hydrogens is 332 g/mol. The number of hydrogen-bond acceptors (Lipinski definition) is 5. The fourth-order valence-electron chi connectivity index (χ4n) is 1.91. The molecule has 3 N–H and O–H groups in total. The lowest BCUT2D eigenvalue weighted by atomic mass is 10.1. The summed E-state index contributed by atoms with van der Waals surface area (Å²) in [6, 6.07) is 9.30. The summed E-state index contributed by atoms with van der Waals surface area (Å²) in [5.74, 6) is -1.27. The number of rotatable bonds is 8. The number of nitrogens with one attached hydrogen (secondary N) is 3. The smallest absolute Gasteiger partial charge is 0.315 e. The lowest BCUT2D eigenvalue weighted by Crippen LogP contribution is -2.53. The highest BCUT2D eigenvalue weighted by Gasteiger charge is 2.24. The summed E-state index contributed by atoms with van der Waals surface area (Å²) in [5, 5.41) is 15.6. The van der Waals surface area contributed by atoms with Crippen molar-refractivity contribution in [1.29, 1.82) is 5.26 Å². The SMILES string of the molecule is CS(=O)(=O)CC(NC(=O)NCCc1ccccc1)C(=O)NCC#N. The number of carbonyl (C=O) groups excluding carboxylic acids is 2. The van der Waals surface area contributed by atoms with Gasteiger partial charge in [0.25, 0.3) is 0 Å². The second-order valence-electron chi connectivity index (χ2n) is 5.16. The third-order valence-corrected chi connectivity index (χ3v) is 3.91. The number of sulfone groups is 1. The van der Waals surface area contributed by atoms with Gasteiger partial charge < -0.3 is 16.0 Å². The Morgan fingerprint density at radius 3 is 2.46 bits per heavy atom. The predicted octanol–water partition coefficient (Wildman–Crippen LogP) is -0.419. The van der Waals surface area contributed by atoms with E-state index in [9.17, 15) is 18.0 Å². The lowest BCUT2D eigenvalue weighted by molar-refractivity contribution is -0.122. The van der Waals surface area contributed by atoms with Gasteiger partial charge in [-0.05, 0) is 12.0 Å². The van der Waals surface area contributed by atoms with Crippen molar-refractivity contribution >= 4 is 21.8 Å². The topological polar surface area (TPSA) is 128 Å². The normalized spacial score (nSPS) is 11.8. The van der Waals surface area contributed by atoms with Crippen LogP contribution in [0.2, 0.25) is 0 Å². The van der Waals surface area contributed by atoms with Crippen molar-refractivity contribution in [2.75, 3.05) is 25.1 Å². The second-order valence-corrected chi connectivity index (χ2v) is 7.34. The molecule has 0 heterocycles. The van der Waals surface area contributed by atoms with Gasteiger partial charge in [0.05, 0.1) is 11.8 Å². The molecule has 130 valence electrons. The van der Waals surface area contributed by atoms with Gasteiger partial charge in [-0.1, -0.05) is 30.3 Å². The van der Waals surface area contributed by atoms with Crippen LogP contribution >= 0.6 is 0 Å². The van der Waals surface area contributed by atoms with Gasteiger partial charge in [-0.15, -0.1) is 0 Å². The Bertz CT molecular complexity index is 698. The van der Waals surface area contributed by atoms with Crippen molar-refractivity contribution in [2.24, 2.45) is 0 Å². The van der Waals surface area contributed by atoms with Crippen molar-refractivity contribution in [3.63, 3.8) is 0 Å². The highest BCUT2D eigenvalue weighted by atomic mass is 32.2. The minimum atomic E-state index is -3.49. The van der Waals surface area contributed by atoms with Crippen LogP contribution in [0.4, 0.5) is 4.79 Å². The third-order valence-electron chi connectivity index (χ3n) is 2.97. The molecule has 8 nitrogen and oxygen atoms in total. The molecule has 0 aromatic heterocycles. The van der Waals surface area contributed by atoms with Crippen LogP contribution < -0.4 is 16.0 Å². The molecule has 1 atom stereocenters. The van der Waals surface area contributed by atoms with E-state index in [1.165, 1.54) is 0 Å². The molecule has 0 fully saturated rings. The maximum atomic E-state index is 11.8. The van der Waals surface area contributed by atoms with E-state index in [1.54, 1.807) is 6.07 Å². The summed E-state index contributed by atoms with van der Waals surface area (Å²) in [6.07, 6.45) is 1.57. The van der Waals surface area contributed by atoms with E-state index in [4.69, 9.17) is 5.26 Å². The number of carbonyl (C=O) groups is 2. The van der Waals surface area contributed by atoms with E-state index >= 15 is 0 Å². The maximum Gasteiger partial charge on any atom is 0.315 e. The van der Waals surface area contributed by atoms with E-state index in [0.29, 0.717) is 13.0 Å². The summed E-state index contributed by atoms with van der Waals surface area (Å²) in [6.45, 7) is 0.0671. The van der Waals surface area contributed by atoms with E-state index in [-0.39, 0.29) is 6.54 Å². The van der Waals surface area contributed by atoms with Gasteiger partial charge in [-0.3, -0.25) is 4.79 Å². The fourth-order valence-corrected chi connectivity index (χ4v) is 2.75. The van der Waals surface area contributed by atoms with Gasteiger partial charge >= 0.3 is 6.03 Å². The average molecular weight is 352 g/mol. The van der Waals surface area contributed by atoms with Crippen molar-refractivity contribution in [3.05, 3.63) is 35.9 Å². The van der Waals surface area contributed by atoms with Crippen molar-refractivity contribution in [3.8, 4) is 6.07 Å². The fraction of sp³-hybridized carbons (Fsp3) is 0.400. The summed E-state index contributed by atoms with van der Waals surface area (Å²) in [7, 11) is -3.49. The number of nitrogens with zero attached hydrogens (tertiary/aromatic N) is 1. The van der Waals surface area contributed by atoms with Gasteiger partial charge in [0, 0.05) is 12.8 Å². The van der Waals surface area contributed by atoms with Gasteiger partial charge in [-0.25, -0.2) is 13.2 Å². The molecule has 24 heavy (non-hydrogen) atoms. The first kappa shape index (κ1) is 19.4. The lowest BCUT2D eigenvalue weighted by Gasteiger charge is -2.17. The summed E-state index contributed by atoms with van der Waals surface area (Å²) < 4.78 is 22.8. The minimum Gasteiger partial charge on any atom is -0.341 e. The molecule has 0 radical (unpaired) electrons. The molecule has 9 heteroatoms. The molecule has 0 bridgehead atoms. The van der Waals surface area contributed by atoms with Crippen LogP contribution in [0.3, 0.4) is 0 Å². The Kier molecular flexibility index (Phi) is 7.71. The van der Waals surface area contributed by atoms with E-state index in [2.05, 4.69) is 16.0 Å². The van der Waals surface area contributed by atoms with Crippen LogP contribution in [0.15, 0.2) is 30.3 Å². The Hall–Kier alpha value is -2.60. The molecule has 0 spiro atoms. The largest absolute Gasteiger partial charge is 0.341 e. The van der Waals surface area contributed by atoms with E-state index < -0.39 is 33.6 Å². The average Bonchev–Trinajstić information content (AvgIpc) is 2.51. The molecule has 0 aliphatic rings. The molecule has 0 aliphatic heterocycles. The summed E-state index contributed by atoms with van der Waals surface area (Å²) in [4.78, 5) is 23.7. The number of hydrogen-bond donors (Lipinski definition) is 3. The number of benzene rings is 1. The predicted molar refractivity (Wildman–Crippen MR) is 88.8 cm³/mol. The molecule has 1 rings (SSSR count). The van der Waals surface area contributed by atoms with Crippen molar-refractivity contribution in [2.45, 2.75) is 12.5 Å². The molecule has 0 saturated carbocycles.